The molecule has 2 atom stereocenters. The minimum Gasteiger partial charge on any atom is -0.477 e. The van der Waals surface area contributed by atoms with Gasteiger partial charge in [0.1, 0.15) is 5.82 Å². The lowest BCUT2D eigenvalue weighted by molar-refractivity contribution is -0.0330. The Hall–Kier alpha value is -3.30. The maximum Gasteiger partial charge on any atom is 0.254 e. The molecule has 0 spiro atoms. The molecule has 9 nitrogen and oxygen atoms in total. The van der Waals surface area contributed by atoms with Crippen LogP contribution < -0.4 is 10.5 Å². The van der Waals surface area contributed by atoms with Crippen LogP contribution in [0.5, 0.6) is 5.88 Å². The zero-order valence-electron chi connectivity index (χ0n) is 18.1. The van der Waals surface area contributed by atoms with Gasteiger partial charge in [-0.15, -0.1) is 10.2 Å². The van der Waals surface area contributed by atoms with Gasteiger partial charge in [-0.3, -0.25) is 4.79 Å². The second kappa shape index (κ2) is 8.33. The first kappa shape index (κ1) is 20.6. The molecule has 2 aromatic heterocycles. The molecule has 166 valence electrons. The van der Waals surface area contributed by atoms with Crippen LogP contribution in [0.4, 0.5) is 5.82 Å². The number of rotatable bonds is 4. The van der Waals surface area contributed by atoms with Gasteiger partial charge >= 0.3 is 0 Å². The van der Waals surface area contributed by atoms with Gasteiger partial charge in [0.2, 0.25) is 5.88 Å². The normalized spacial score (nSPS) is 20.4. The van der Waals surface area contributed by atoms with Gasteiger partial charge in [-0.25, -0.2) is 4.98 Å². The van der Waals surface area contributed by atoms with E-state index in [0.717, 1.165) is 22.0 Å². The van der Waals surface area contributed by atoms with Crippen LogP contribution in [0.15, 0.2) is 30.3 Å². The minimum atomic E-state index is -0.344. The molecule has 0 radical (unpaired) electrons. The van der Waals surface area contributed by atoms with Crippen LogP contribution in [-0.2, 0) is 22.7 Å². The molecule has 0 aliphatic carbocycles. The highest BCUT2D eigenvalue weighted by Crippen LogP contribution is 2.33. The summed E-state index contributed by atoms with van der Waals surface area (Å²) in [7, 11) is 0. The molecule has 2 aliphatic heterocycles. The van der Waals surface area contributed by atoms with Gasteiger partial charge in [-0.2, -0.15) is 0 Å². The number of nitrogen functional groups attached to an aromatic ring is 1. The molecule has 1 amide bonds. The van der Waals surface area contributed by atoms with E-state index in [1.54, 1.807) is 12.1 Å². The number of ether oxygens (including phenoxy) is 3. The number of benzene rings is 1. The number of fused-ring (bicyclic) bond motifs is 3. The number of hydrogen-bond donors (Lipinski definition) is 1. The Balaban J connectivity index is 1.51. The lowest BCUT2D eigenvalue weighted by Crippen LogP contribution is -2.49. The van der Waals surface area contributed by atoms with Crippen LogP contribution in [0, 0.1) is 0 Å². The van der Waals surface area contributed by atoms with E-state index in [1.165, 1.54) is 0 Å². The predicted octanol–water partition coefficient (Wildman–Crippen LogP) is 2.64. The quantitative estimate of drug-likeness (QED) is 0.666. The molecular formula is C23H25N5O4. The average molecular weight is 435 g/mol. The van der Waals surface area contributed by atoms with Crippen molar-refractivity contribution in [1.29, 1.82) is 0 Å². The average Bonchev–Trinajstić information content (AvgIpc) is 3.30. The first-order chi connectivity index (χ1) is 15.6. The SMILES string of the molecule is CCOc1ccc([C@H]2COC[C@@H](C)N2C(=O)c2ccc3nc(N)c4c(c3c2)COC4)nn1. The Morgan fingerprint density at radius 3 is 2.78 bits per heavy atom. The van der Waals surface area contributed by atoms with Gasteiger partial charge in [0.25, 0.3) is 5.91 Å². The molecule has 0 bridgehead atoms. The smallest absolute Gasteiger partial charge is 0.254 e. The maximum absolute atomic E-state index is 13.7. The first-order valence-electron chi connectivity index (χ1n) is 10.7. The Morgan fingerprint density at radius 2 is 2.00 bits per heavy atom. The van der Waals surface area contributed by atoms with E-state index in [-0.39, 0.29) is 18.0 Å². The van der Waals surface area contributed by atoms with Gasteiger partial charge in [-0.1, -0.05) is 0 Å². The third kappa shape index (κ3) is 3.53. The molecule has 4 heterocycles. The van der Waals surface area contributed by atoms with E-state index >= 15 is 0 Å². The maximum atomic E-state index is 13.7. The topological polar surface area (TPSA) is 113 Å². The summed E-state index contributed by atoms with van der Waals surface area (Å²) in [5, 5.41) is 9.32. The monoisotopic (exact) mass is 435 g/mol. The third-order valence-electron chi connectivity index (χ3n) is 5.95. The summed E-state index contributed by atoms with van der Waals surface area (Å²) in [5.74, 6) is 0.851. The number of carbonyl (C=O) groups is 1. The van der Waals surface area contributed by atoms with Crippen molar-refractivity contribution in [3.8, 4) is 5.88 Å². The molecule has 1 saturated heterocycles. The number of nitrogens with zero attached hydrogens (tertiary/aromatic N) is 4. The van der Waals surface area contributed by atoms with E-state index in [1.807, 2.05) is 36.9 Å². The van der Waals surface area contributed by atoms with Crippen molar-refractivity contribution in [3.05, 3.63) is 52.7 Å². The second-order valence-corrected chi connectivity index (χ2v) is 8.02. The van der Waals surface area contributed by atoms with Gasteiger partial charge in [0.05, 0.1) is 56.3 Å². The van der Waals surface area contributed by atoms with E-state index in [4.69, 9.17) is 19.9 Å². The number of nitrogens with two attached hydrogens (primary N) is 1. The van der Waals surface area contributed by atoms with Crippen molar-refractivity contribution in [2.75, 3.05) is 25.6 Å². The fraction of sp³-hybridized carbons (Fsp3) is 0.391. The third-order valence-corrected chi connectivity index (χ3v) is 5.95. The highest BCUT2D eigenvalue weighted by atomic mass is 16.5. The van der Waals surface area contributed by atoms with Crippen molar-refractivity contribution >= 4 is 22.6 Å². The summed E-state index contributed by atoms with van der Waals surface area (Å²) >= 11 is 0. The molecule has 0 saturated carbocycles. The fourth-order valence-electron chi connectivity index (χ4n) is 4.37. The molecule has 5 rings (SSSR count). The number of amides is 1. The molecule has 3 aromatic rings. The number of anilines is 1. The minimum absolute atomic E-state index is 0.0899. The van der Waals surface area contributed by atoms with Crippen LogP contribution in [0.1, 0.15) is 47.1 Å². The summed E-state index contributed by atoms with van der Waals surface area (Å²) in [6.45, 7) is 6.10. The van der Waals surface area contributed by atoms with E-state index in [9.17, 15) is 4.79 Å². The van der Waals surface area contributed by atoms with Gasteiger partial charge in [-0.05, 0) is 43.7 Å². The molecule has 2 N–H and O–H groups in total. The Morgan fingerprint density at radius 1 is 1.16 bits per heavy atom. The molecule has 1 fully saturated rings. The summed E-state index contributed by atoms with van der Waals surface area (Å²) in [4.78, 5) is 20.0. The lowest BCUT2D eigenvalue weighted by Gasteiger charge is -2.40. The van der Waals surface area contributed by atoms with E-state index in [0.29, 0.717) is 56.0 Å². The van der Waals surface area contributed by atoms with Crippen molar-refractivity contribution in [2.24, 2.45) is 0 Å². The fourth-order valence-corrected chi connectivity index (χ4v) is 4.37. The Bertz CT molecular complexity index is 1170. The highest BCUT2D eigenvalue weighted by Gasteiger charge is 2.35. The van der Waals surface area contributed by atoms with E-state index < -0.39 is 0 Å². The molecule has 32 heavy (non-hydrogen) atoms. The van der Waals surface area contributed by atoms with Crippen LogP contribution in [0.3, 0.4) is 0 Å². The van der Waals surface area contributed by atoms with Crippen molar-refractivity contribution in [2.45, 2.75) is 39.1 Å². The lowest BCUT2D eigenvalue weighted by atomic mass is 10.0. The summed E-state index contributed by atoms with van der Waals surface area (Å²) in [5.41, 5.74) is 9.99. The van der Waals surface area contributed by atoms with Crippen molar-refractivity contribution in [1.82, 2.24) is 20.1 Å². The molecule has 0 unspecified atom stereocenters. The van der Waals surface area contributed by atoms with Crippen molar-refractivity contribution in [3.63, 3.8) is 0 Å². The Labute approximate surface area is 185 Å². The number of carbonyl (C=O) groups excluding carboxylic acids is 1. The summed E-state index contributed by atoms with van der Waals surface area (Å²) < 4.78 is 16.7. The second-order valence-electron chi connectivity index (χ2n) is 8.02. The van der Waals surface area contributed by atoms with Gasteiger partial charge in [0.15, 0.2) is 0 Å². The van der Waals surface area contributed by atoms with Crippen LogP contribution in [-0.4, -0.2) is 51.9 Å². The van der Waals surface area contributed by atoms with Gasteiger partial charge in [0, 0.05) is 22.6 Å². The molecule has 1 aromatic carbocycles. The van der Waals surface area contributed by atoms with Crippen LogP contribution in [0.2, 0.25) is 0 Å². The zero-order chi connectivity index (χ0) is 22.2. The molecule has 9 heteroatoms. The number of pyridine rings is 1. The highest BCUT2D eigenvalue weighted by molar-refractivity contribution is 5.99. The first-order valence-corrected chi connectivity index (χ1v) is 10.7. The zero-order valence-corrected chi connectivity index (χ0v) is 18.1. The summed E-state index contributed by atoms with van der Waals surface area (Å²) in [6.07, 6.45) is 0. The number of hydrogen-bond acceptors (Lipinski definition) is 8. The predicted molar refractivity (Wildman–Crippen MR) is 117 cm³/mol. The summed E-state index contributed by atoms with van der Waals surface area (Å²) in [6, 6.07) is 8.66. The van der Waals surface area contributed by atoms with Crippen LogP contribution in [0.25, 0.3) is 10.9 Å². The standard InChI is InChI=1S/C23H25N5O4/c1-3-32-21-7-6-19(26-27-21)20-12-30-9-13(2)28(20)23(29)14-4-5-18-15(8-14)16-10-31-11-17(16)22(24)25-18/h4-8,13,20H,3,9-12H2,1-2H3,(H2,24,25)/t13-,20-/m1/s1. The molecule has 2 aliphatic rings. The van der Waals surface area contributed by atoms with Crippen LogP contribution >= 0.6 is 0 Å². The Kier molecular flexibility index (Phi) is 5.36. The number of aromatic nitrogens is 3. The molecular weight excluding hydrogens is 410 g/mol. The van der Waals surface area contributed by atoms with E-state index in [2.05, 4.69) is 15.2 Å². The van der Waals surface area contributed by atoms with Crippen molar-refractivity contribution < 1.29 is 19.0 Å². The van der Waals surface area contributed by atoms with Gasteiger partial charge < -0.3 is 24.8 Å². The number of morpholine rings is 1. The largest absolute Gasteiger partial charge is 0.477 e.